The summed E-state index contributed by atoms with van der Waals surface area (Å²) in [6.07, 6.45) is 5.39. The molecule has 2 bridgehead atoms. The van der Waals surface area contributed by atoms with Crippen molar-refractivity contribution in [2.45, 2.75) is 46.6 Å². The quantitative estimate of drug-likeness (QED) is 0.778. The van der Waals surface area contributed by atoms with Crippen LogP contribution in [0.25, 0.3) is 0 Å². The number of carbonyl (C=O) groups is 1. The highest BCUT2D eigenvalue weighted by Gasteiger charge is 2.57. The number of rotatable bonds is 2. The molecule has 4 heteroatoms. The van der Waals surface area contributed by atoms with Crippen LogP contribution in [-0.4, -0.2) is 22.0 Å². The summed E-state index contributed by atoms with van der Waals surface area (Å²) in [5, 5.41) is 0. The number of aryl methyl sites for hydroxylation is 1. The van der Waals surface area contributed by atoms with Crippen LogP contribution in [0, 0.1) is 30.1 Å². The van der Waals surface area contributed by atoms with E-state index in [1.807, 2.05) is 6.92 Å². The minimum Gasteiger partial charge on any atom is -0.457 e. The second kappa shape index (κ2) is 4.54. The first-order chi connectivity index (χ1) is 9.39. The number of aromatic nitrogens is 2. The van der Waals surface area contributed by atoms with Crippen molar-refractivity contribution in [2.24, 2.45) is 23.2 Å². The summed E-state index contributed by atoms with van der Waals surface area (Å²) in [5.74, 6) is 1.44. The Balaban J connectivity index is 1.67. The summed E-state index contributed by atoms with van der Waals surface area (Å²) in [7, 11) is 0. The zero-order chi connectivity index (χ0) is 14.5. The van der Waals surface area contributed by atoms with E-state index in [1.54, 1.807) is 6.20 Å². The number of hydrogen-bond acceptors (Lipinski definition) is 4. The number of esters is 1. The van der Waals surface area contributed by atoms with Gasteiger partial charge in [0.25, 0.3) is 0 Å². The average molecular weight is 274 g/mol. The molecule has 0 aromatic carbocycles. The van der Waals surface area contributed by atoms with E-state index in [2.05, 4.69) is 30.7 Å². The maximum absolute atomic E-state index is 12.1. The van der Waals surface area contributed by atoms with Gasteiger partial charge in [0.05, 0.1) is 11.9 Å². The lowest BCUT2D eigenvalue weighted by Gasteiger charge is -2.61. The fourth-order valence-electron chi connectivity index (χ4n) is 3.95. The molecule has 1 heterocycles. The van der Waals surface area contributed by atoms with Gasteiger partial charge in [-0.1, -0.05) is 20.8 Å². The van der Waals surface area contributed by atoms with Gasteiger partial charge in [-0.15, -0.1) is 0 Å². The van der Waals surface area contributed by atoms with Gasteiger partial charge in [-0.3, -0.25) is 4.98 Å². The van der Waals surface area contributed by atoms with Gasteiger partial charge in [-0.2, -0.15) is 0 Å². The fourth-order valence-corrected chi connectivity index (χ4v) is 3.95. The van der Waals surface area contributed by atoms with E-state index in [0.29, 0.717) is 28.9 Å². The van der Waals surface area contributed by atoms with Crippen molar-refractivity contribution in [2.75, 3.05) is 0 Å². The lowest BCUT2D eigenvalue weighted by atomic mass is 9.45. The van der Waals surface area contributed by atoms with Crippen LogP contribution in [0.15, 0.2) is 12.4 Å². The van der Waals surface area contributed by atoms with E-state index in [0.717, 1.165) is 12.1 Å². The lowest BCUT2D eigenvalue weighted by Crippen LogP contribution is -2.57. The summed E-state index contributed by atoms with van der Waals surface area (Å²) < 4.78 is 5.68. The van der Waals surface area contributed by atoms with Crippen LogP contribution in [0.2, 0.25) is 0 Å². The van der Waals surface area contributed by atoms with Crippen LogP contribution < -0.4 is 0 Å². The standard InChI is InChI=1S/C16H22N2O2/c1-9-7-18-13(8-17-9)15(19)20-14-6-11-5-12(10(14)2)16(11,3)4/h7-8,10-12,14H,5-6H2,1-4H3/t10-,11+,12-,14-/m0/s1. The molecular formula is C16H22N2O2. The van der Waals surface area contributed by atoms with E-state index < -0.39 is 0 Å². The predicted octanol–water partition coefficient (Wildman–Crippen LogP) is 3.01. The third kappa shape index (κ3) is 2.02. The van der Waals surface area contributed by atoms with Crippen LogP contribution in [0.5, 0.6) is 0 Å². The number of hydrogen-bond donors (Lipinski definition) is 0. The van der Waals surface area contributed by atoms with Gasteiger partial charge in [-0.05, 0) is 42.9 Å². The molecule has 0 spiro atoms. The fraction of sp³-hybridized carbons (Fsp3) is 0.688. The molecule has 0 unspecified atom stereocenters. The van der Waals surface area contributed by atoms with Crippen LogP contribution in [0.4, 0.5) is 0 Å². The smallest absolute Gasteiger partial charge is 0.358 e. The molecule has 0 aliphatic heterocycles. The van der Waals surface area contributed by atoms with Crippen LogP contribution >= 0.6 is 0 Å². The summed E-state index contributed by atoms with van der Waals surface area (Å²) in [6, 6.07) is 0. The van der Waals surface area contributed by atoms with Crippen LogP contribution in [0.3, 0.4) is 0 Å². The Hall–Kier alpha value is -1.45. The second-order valence-corrected chi connectivity index (χ2v) is 6.94. The third-order valence-electron chi connectivity index (χ3n) is 5.53. The van der Waals surface area contributed by atoms with Gasteiger partial charge < -0.3 is 4.74 Å². The van der Waals surface area contributed by atoms with Gasteiger partial charge in [0, 0.05) is 6.20 Å². The summed E-state index contributed by atoms with van der Waals surface area (Å²) in [6.45, 7) is 8.74. The Morgan fingerprint density at radius 3 is 2.60 bits per heavy atom. The minimum atomic E-state index is -0.339. The summed E-state index contributed by atoms with van der Waals surface area (Å²) in [5.41, 5.74) is 1.52. The van der Waals surface area contributed by atoms with Crippen molar-refractivity contribution in [3.05, 3.63) is 23.8 Å². The lowest BCUT2D eigenvalue weighted by molar-refractivity contribution is -0.156. The van der Waals surface area contributed by atoms with Crippen molar-refractivity contribution >= 4 is 5.97 Å². The second-order valence-electron chi connectivity index (χ2n) is 6.94. The predicted molar refractivity (Wildman–Crippen MR) is 75.1 cm³/mol. The van der Waals surface area contributed by atoms with Gasteiger partial charge in [0.2, 0.25) is 0 Å². The molecular weight excluding hydrogens is 252 g/mol. The molecule has 3 fully saturated rings. The van der Waals surface area contributed by atoms with E-state index in [-0.39, 0.29) is 12.1 Å². The Morgan fingerprint density at radius 1 is 1.30 bits per heavy atom. The maximum Gasteiger partial charge on any atom is 0.358 e. The first-order valence-electron chi connectivity index (χ1n) is 7.39. The van der Waals surface area contributed by atoms with Crippen molar-refractivity contribution in [1.82, 2.24) is 9.97 Å². The van der Waals surface area contributed by atoms with Gasteiger partial charge in [0.15, 0.2) is 5.69 Å². The van der Waals surface area contributed by atoms with E-state index in [1.165, 1.54) is 12.6 Å². The molecule has 3 aliphatic rings. The Kier molecular flexibility index (Phi) is 3.07. The third-order valence-corrected chi connectivity index (χ3v) is 5.53. The van der Waals surface area contributed by atoms with Crippen molar-refractivity contribution < 1.29 is 9.53 Å². The van der Waals surface area contributed by atoms with Gasteiger partial charge >= 0.3 is 5.97 Å². The molecule has 0 amide bonds. The molecule has 3 saturated carbocycles. The molecule has 0 saturated heterocycles. The Bertz CT molecular complexity index is 524. The van der Waals surface area contributed by atoms with Crippen LogP contribution in [-0.2, 0) is 4.74 Å². The number of nitrogens with zero attached hydrogens (tertiary/aromatic N) is 2. The first kappa shape index (κ1) is 13.5. The zero-order valence-corrected chi connectivity index (χ0v) is 12.6. The highest BCUT2D eigenvalue weighted by molar-refractivity contribution is 5.86. The molecule has 108 valence electrons. The molecule has 0 N–H and O–H groups in total. The molecule has 1 aromatic heterocycles. The topological polar surface area (TPSA) is 52.1 Å². The van der Waals surface area contributed by atoms with Gasteiger partial charge in [-0.25, -0.2) is 9.78 Å². The van der Waals surface area contributed by atoms with E-state index >= 15 is 0 Å². The summed E-state index contributed by atoms with van der Waals surface area (Å²) >= 11 is 0. The first-order valence-corrected chi connectivity index (χ1v) is 7.39. The zero-order valence-electron chi connectivity index (χ0n) is 12.6. The Labute approximate surface area is 120 Å². The van der Waals surface area contributed by atoms with Crippen molar-refractivity contribution in [1.29, 1.82) is 0 Å². The molecule has 3 aliphatic carbocycles. The molecule has 0 radical (unpaired) electrons. The van der Waals surface area contributed by atoms with Crippen molar-refractivity contribution in [3.8, 4) is 0 Å². The molecule has 1 aromatic rings. The maximum atomic E-state index is 12.1. The highest BCUT2D eigenvalue weighted by atomic mass is 16.5. The largest absolute Gasteiger partial charge is 0.457 e. The van der Waals surface area contributed by atoms with Crippen LogP contribution in [0.1, 0.15) is 49.8 Å². The SMILES string of the molecule is Cc1cnc(C(=O)O[C@H]2C[C@H]3C[C@@H]([C@@H]2C)C3(C)C)cn1. The molecule has 4 rings (SSSR count). The normalized spacial score (nSPS) is 34.2. The van der Waals surface area contributed by atoms with Crippen molar-refractivity contribution in [3.63, 3.8) is 0 Å². The number of ether oxygens (including phenoxy) is 1. The Morgan fingerprint density at radius 2 is 2.05 bits per heavy atom. The minimum absolute atomic E-state index is 0.0300. The van der Waals surface area contributed by atoms with E-state index in [4.69, 9.17) is 4.74 Å². The average Bonchev–Trinajstić information content (AvgIpc) is 2.41. The number of fused-ring (bicyclic) bond motifs is 2. The van der Waals surface area contributed by atoms with E-state index in [9.17, 15) is 4.79 Å². The van der Waals surface area contributed by atoms with Gasteiger partial charge in [0.1, 0.15) is 6.10 Å². The molecule has 20 heavy (non-hydrogen) atoms. The molecule has 4 atom stereocenters. The monoisotopic (exact) mass is 274 g/mol. The molecule has 4 nitrogen and oxygen atoms in total. The highest BCUT2D eigenvalue weighted by Crippen LogP contribution is 2.61. The summed E-state index contributed by atoms with van der Waals surface area (Å²) in [4.78, 5) is 20.3. The number of carbonyl (C=O) groups excluding carboxylic acids is 1.